The van der Waals surface area contributed by atoms with Crippen LogP contribution >= 0.6 is 23.2 Å². The highest BCUT2D eigenvalue weighted by atomic mass is 35.5. The van der Waals surface area contributed by atoms with Crippen LogP contribution in [0.15, 0.2) is 60.7 Å². The van der Waals surface area contributed by atoms with Gasteiger partial charge in [0.25, 0.3) is 5.91 Å². The number of amides is 2. The Morgan fingerprint density at radius 3 is 2.14 bits per heavy atom. The van der Waals surface area contributed by atoms with Crippen LogP contribution < -0.4 is 15.2 Å². The summed E-state index contributed by atoms with van der Waals surface area (Å²) >= 11 is 13.1. The minimum Gasteiger partial charge on any atom is -0.496 e. The summed E-state index contributed by atoms with van der Waals surface area (Å²) in [5.41, 5.74) is 8.28. The van der Waals surface area contributed by atoms with Crippen LogP contribution in [-0.2, 0) is 22.0 Å². The van der Waals surface area contributed by atoms with Crippen LogP contribution in [0.3, 0.4) is 0 Å². The van der Waals surface area contributed by atoms with Crippen LogP contribution in [0.25, 0.3) is 0 Å². The largest absolute Gasteiger partial charge is 0.496 e. The van der Waals surface area contributed by atoms with E-state index in [4.69, 9.17) is 38.4 Å². The highest BCUT2D eigenvalue weighted by molar-refractivity contribution is 6.42. The first-order valence-corrected chi connectivity index (χ1v) is 18.1. The van der Waals surface area contributed by atoms with Gasteiger partial charge in [-0.05, 0) is 87.3 Å². The van der Waals surface area contributed by atoms with Gasteiger partial charge in [-0.1, -0.05) is 80.4 Å². The number of halogens is 2. The molecular weight excluding hydrogens is 659 g/mol. The van der Waals surface area contributed by atoms with E-state index in [-0.39, 0.29) is 17.9 Å². The number of benzene rings is 3. The fourth-order valence-corrected chi connectivity index (χ4v) is 8.52. The van der Waals surface area contributed by atoms with E-state index in [0.717, 1.165) is 49.3 Å². The van der Waals surface area contributed by atoms with Gasteiger partial charge in [0.15, 0.2) is 0 Å². The number of hydrogen-bond donors (Lipinski definition) is 1. The lowest BCUT2D eigenvalue weighted by atomic mass is 9.61. The topological polar surface area (TPSA) is 88.3 Å². The van der Waals surface area contributed by atoms with Crippen LogP contribution in [0.5, 0.6) is 11.5 Å². The van der Waals surface area contributed by atoms with Gasteiger partial charge in [-0.2, -0.15) is 0 Å². The van der Waals surface area contributed by atoms with Crippen molar-refractivity contribution in [1.82, 2.24) is 14.7 Å². The molecule has 0 radical (unpaired) electrons. The molecule has 2 heterocycles. The van der Waals surface area contributed by atoms with Gasteiger partial charge < -0.3 is 25.0 Å². The maximum atomic E-state index is 14.5. The summed E-state index contributed by atoms with van der Waals surface area (Å²) in [5, 5.41) is 0.930. The lowest BCUT2D eigenvalue weighted by molar-refractivity contribution is -0.127. The van der Waals surface area contributed by atoms with Crippen molar-refractivity contribution in [2.75, 3.05) is 60.0 Å². The first-order valence-electron chi connectivity index (χ1n) is 17.4. The molecule has 2 amide bonds. The second-order valence-corrected chi connectivity index (χ2v) is 14.1. The summed E-state index contributed by atoms with van der Waals surface area (Å²) in [5.74, 6) is 0.860. The molecule has 0 spiro atoms. The van der Waals surface area contributed by atoms with Gasteiger partial charge in [-0.3, -0.25) is 14.5 Å². The normalized spacial score (nSPS) is 22.8. The molecule has 2 saturated heterocycles. The molecule has 264 valence electrons. The van der Waals surface area contributed by atoms with Crippen molar-refractivity contribution in [2.45, 2.75) is 63.3 Å². The Balaban J connectivity index is 1.55. The molecule has 0 saturated carbocycles. The molecule has 3 unspecified atom stereocenters. The van der Waals surface area contributed by atoms with E-state index in [0.29, 0.717) is 66.0 Å². The van der Waals surface area contributed by atoms with Crippen LogP contribution in [0.2, 0.25) is 10.0 Å². The molecule has 0 aromatic heterocycles. The number of piperidine rings is 1. The molecule has 2 N–H and O–H groups in total. The molecular formula is C39H50Cl2N4O4. The number of hydrogen-bond acceptors (Lipinski definition) is 6. The second kappa shape index (κ2) is 15.7. The maximum absolute atomic E-state index is 14.5. The first kappa shape index (κ1) is 37.0. The molecule has 0 aliphatic carbocycles. The van der Waals surface area contributed by atoms with Crippen molar-refractivity contribution in [3.8, 4) is 11.5 Å². The van der Waals surface area contributed by atoms with Crippen LogP contribution in [-0.4, -0.2) is 92.6 Å². The zero-order valence-electron chi connectivity index (χ0n) is 29.4. The van der Waals surface area contributed by atoms with E-state index < -0.39 is 10.8 Å². The number of likely N-dealkylation sites (N-methyl/N-ethyl adjacent to an activating group) is 2. The summed E-state index contributed by atoms with van der Waals surface area (Å²) in [4.78, 5) is 34.6. The standard InChI is InChI=1S/C39H50Cl2N4O4/c1-6-43(7-2)19-16-30-33(48-4)22-27(23-34(30)49-5)36(46)45-21-18-39(26-45,29-14-15-31(40)32(41)24-29)35-25-38(37(42)47,17-20-44(35)8-3)28-12-10-9-11-13-28/h9-15,22-24,35H,6-8,16-21,25-26H2,1-5H3,(H2,42,47). The third-order valence-electron chi connectivity index (χ3n) is 11.2. The average molecular weight is 710 g/mol. The Bertz CT molecular complexity index is 1610. The SMILES string of the molecule is CCN(CC)CCc1c(OC)cc(C(=O)N2CCC(c3ccc(Cl)c(Cl)c3)(C3CC(C(N)=O)(c4ccccc4)CCN3CC)C2)cc1OC. The number of likely N-dealkylation sites (tertiary alicyclic amines) is 2. The summed E-state index contributed by atoms with van der Waals surface area (Å²) in [6.07, 6.45) is 2.56. The van der Waals surface area contributed by atoms with Gasteiger partial charge in [0.2, 0.25) is 5.91 Å². The number of ether oxygens (including phenoxy) is 2. The molecule has 2 aliphatic rings. The molecule has 2 aliphatic heterocycles. The maximum Gasteiger partial charge on any atom is 0.254 e. The fraction of sp³-hybridized carbons (Fsp3) is 0.487. The van der Waals surface area contributed by atoms with Crippen molar-refractivity contribution < 1.29 is 19.1 Å². The number of methoxy groups -OCH3 is 2. The lowest BCUT2D eigenvalue weighted by Gasteiger charge is -2.52. The summed E-state index contributed by atoms with van der Waals surface area (Å²) < 4.78 is 11.7. The quantitative estimate of drug-likeness (QED) is 0.216. The zero-order chi connectivity index (χ0) is 35.3. The third kappa shape index (κ3) is 7.16. The van der Waals surface area contributed by atoms with E-state index in [1.54, 1.807) is 14.2 Å². The Hall–Kier alpha value is -3.30. The van der Waals surface area contributed by atoms with Gasteiger partial charge >= 0.3 is 0 Å². The Morgan fingerprint density at radius 1 is 0.898 bits per heavy atom. The average Bonchev–Trinajstić information content (AvgIpc) is 3.59. The monoisotopic (exact) mass is 708 g/mol. The number of rotatable bonds is 13. The number of nitrogens with two attached hydrogens (primary N) is 1. The minimum absolute atomic E-state index is 0.100. The Morgan fingerprint density at radius 2 is 1.57 bits per heavy atom. The van der Waals surface area contributed by atoms with Crippen molar-refractivity contribution in [3.63, 3.8) is 0 Å². The van der Waals surface area contributed by atoms with Crippen molar-refractivity contribution in [1.29, 1.82) is 0 Å². The highest BCUT2D eigenvalue weighted by Gasteiger charge is 2.55. The number of primary amides is 1. The summed E-state index contributed by atoms with van der Waals surface area (Å²) in [6, 6.07) is 19.3. The fourth-order valence-electron chi connectivity index (χ4n) is 8.22. The number of nitrogens with zero attached hydrogens (tertiary/aromatic N) is 3. The molecule has 3 aromatic carbocycles. The molecule has 0 bridgehead atoms. The van der Waals surface area contributed by atoms with Gasteiger partial charge in [0, 0.05) is 42.2 Å². The predicted octanol–water partition coefficient (Wildman–Crippen LogP) is 6.59. The zero-order valence-corrected chi connectivity index (χ0v) is 30.9. The summed E-state index contributed by atoms with van der Waals surface area (Å²) in [7, 11) is 3.27. The van der Waals surface area contributed by atoms with E-state index in [2.05, 4.69) is 30.6 Å². The molecule has 8 nitrogen and oxygen atoms in total. The van der Waals surface area contributed by atoms with Crippen molar-refractivity contribution >= 4 is 35.0 Å². The third-order valence-corrected chi connectivity index (χ3v) is 11.9. The Labute approximate surface area is 301 Å². The first-order chi connectivity index (χ1) is 23.6. The van der Waals surface area contributed by atoms with E-state index in [1.807, 2.05) is 65.6 Å². The highest BCUT2D eigenvalue weighted by Crippen LogP contribution is 2.49. The lowest BCUT2D eigenvalue weighted by Crippen LogP contribution is -2.61. The van der Waals surface area contributed by atoms with Gasteiger partial charge in [0.1, 0.15) is 11.5 Å². The second-order valence-electron chi connectivity index (χ2n) is 13.3. The van der Waals surface area contributed by atoms with Gasteiger partial charge in [-0.15, -0.1) is 0 Å². The van der Waals surface area contributed by atoms with E-state index in [9.17, 15) is 9.59 Å². The molecule has 2 fully saturated rings. The van der Waals surface area contributed by atoms with Crippen molar-refractivity contribution in [3.05, 3.63) is 93.0 Å². The van der Waals surface area contributed by atoms with Crippen LogP contribution in [0.4, 0.5) is 0 Å². The van der Waals surface area contributed by atoms with Crippen LogP contribution in [0.1, 0.15) is 67.1 Å². The number of carbonyl (C=O) groups excluding carboxylic acids is 2. The Kier molecular flexibility index (Phi) is 11.9. The molecule has 3 aromatic rings. The van der Waals surface area contributed by atoms with Gasteiger partial charge in [-0.25, -0.2) is 0 Å². The predicted molar refractivity (Wildman–Crippen MR) is 197 cm³/mol. The smallest absolute Gasteiger partial charge is 0.254 e. The van der Waals surface area contributed by atoms with E-state index >= 15 is 0 Å². The number of carbonyl (C=O) groups is 2. The molecule has 3 atom stereocenters. The minimum atomic E-state index is -0.847. The summed E-state index contributed by atoms with van der Waals surface area (Å²) in [6.45, 7) is 11.6. The molecule has 10 heteroatoms. The molecule has 5 rings (SSSR count). The van der Waals surface area contributed by atoms with Crippen molar-refractivity contribution in [2.24, 2.45) is 5.73 Å². The van der Waals surface area contributed by atoms with Gasteiger partial charge in [0.05, 0.1) is 29.7 Å². The molecule has 49 heavy (non-hydrogen) atoms. The van der Waals surface area contributed by atoms with Crippen LogP contribution in [0, 0.1) is 0 Å². The van der Waals surface area contributed by atoms with E-state index in [1.165, 1.54) is 0 Å².